The van der Waals surface area contributed by atoms with E-state index < -0.39 is 4.92 Å². The minimum atomic E-state index is -0.491. The van der Waals surface area contributed by atoms with Gasteiger partial charge >= 0.3 is 0 Å². The van der Waals surface area contributed by atoms with Gasteiger partial charge < -0.3 is 10.1 Å². The average Bonchev–Trinajstić information content (AvgIpc) is 3.23. The number of benzene rings is 2. The molecular weight excluding hydrogens is 416 g/mol. The molecule has 0 saturated carbocycles. The number of anilines is 1. The van der Waals surface area contributed by atoms with Gasteiger partial charge in [0.05, 0.1) is 30.3 Å². The molecule has 4 rings (SSSR count). The average molecular weight is 439 g/mol. The molecule has 31 heavy (non-hydrogen) atoms. The van der Waals surface area contributed by atoms with Crippen LogP contribution in [0.3, 0.4) is 0 Å². The quantitative estimate of drug-likeness (QED) is 0.446. The highest BCUT2D eigenvalue weighted by Gasteiger charge is 2.13. The number of hydrogen-bond donors (Lipinski definition) is 1. The Morgan fingerprint density at radius 3 is 2.81 bits per heavy atom. The number of rotatable bonds is 7. The van der Waals surface area contributed by atoms with Crippen molar-refractivity contribution in [1.29, 1.82) is 0 Å². The van der Waals surface area contributed by atoms with Gasteiger partial charge in [-0.15, -0.1) is 11.3 Å². The molecule has 8 nitrogen and oxygen atoms in total. The molecule has 1 amide bonds. The van der Waals surface area contributed by atoms with E-state index in [1.807, 2.05) is 17.5 Å². The summed E-state index contributed by atoms with van der Waals surface area (Å²) < 4.78 is 5.41. The van der Waals surface area contributed by atoms with Crippen LogP contribution in [0.4, 0.5) is 11.4 Å². The highest BCUT2D eigenvalue weighted by Crippen LogP contribution is 2.26. The first-order valence-corrected chi connectivity index (χ1v) is 10.8. The summed E-state index contributed by atoms with van der Waals surface area (Å²) in [6.45, 7) is 4.29. The van der Waals surface area contributed by atoms with E-state index >= 15 is 0 Å². The molecule has 3 aromatic rings. The maximum Gasteiger partial charge on any atom is 0.271 e. The molecule has 0 bridgehead atoms. The smallest absolute Gasteiger partial charge is 0.271 e. The van der Waals surface area contributed by atoms with Crippen molar-refractivity contribution in [1.82, 2.24) is 9.88 Å². The SMILES string of the molecule is O=C(Cc1csc(-c2cccc(CN3CCOCC3)c2)n1)Nc1cccc([N+](=O)[O-])c1. The van der Waals surface area contributed by atoms with Crippen LogP contribution in [0.1, 0.15) is 11.3 Å². The Balaban J connectivity index is 1.39. The van der Waals surface area contributed by atoms with E-state index in [4.69, 9.17) is 4.74 Å². The Morgan fingerprint density at radius 2 is 2.00 bits per heavy atom. The van der Waals surface area contributed by atoms with Gasteiger partial charge in [0.2, 0.25) is 5.91 Å². The van der Waals surface area contributed by atoms with Gasteiger partial charge in [-0.05, 0) is 17.7 Å². The van der Waals surface area contributed by atoms with E-state index in [-0.39, 0.29) is 18.0 Å². The fraction of sp³-hybridized carbons (Fsp3) is 0.273. The number of carbonyl (C=O) groups excluding carboxylic acids is 1. The molecular formula is C22H22N4O4S. The van der Waals surface area contributed by atoms with Crippen LogP contribution in [0.5, 0.6) is 0 Å². The van der Waals surface area contributed by atoms with Crippen molar-refractivity contribution in [3.05, 3.63) is 75.3 Å². The number of nitrogens with zero attached hydrogens (tertiary/aromatic N) is 3. The first-order chi connectivity index (χ1) is 15.1. The molecule has 0 radical (unpaired) electrons. The highest BCUT2D eigenvalue weighted by atomic mass is 32.1. The third-order valence-corrected chi connectivity index (χ3v) is 5.86. The number of non-ortho nitro benzene ring substituents is 1. The van der Waals surface area contributed by atoms with Gasteiger partial charge in [-0.3, -0.25) is 19.8 Å². The first-order valence-electron chi connectivity index (χ1n) is 9.95. The minimum Gasteiger partial charge on any atom is -0.379 e. The van der Waals surface area contributed by atoms with Crippen molar-refractivity contribution >= 4 is 28.6 Å². The summed E-state index contributed by atoms with van der Waals surface area (Å²) in [6, 6.07) is 14.2. The van der Waals surface area contributed by atoms with Crippen molar-refractivity contribution in [2.24, 2.45) is 0 Å². The summed E-state index contributed by atoms with van der Waals surface area (Å²) in [7, 11) is 0. The van der Waals surface area contributed by atoms with Crippen molar-refractivity contribution in [2.45, 2.75) is 13.0 Å². The van der Waals surface area contributed by atoms with Gasteiger partial charge in [0.15, 0.2) is 0 Å². The normalized spacial score (nSPS) is 14.3. The number of thiazole rings is 1. The molecule has 160 valence electrons. The zero-order valence-electron chi connectivity index (χ0n) is 16.8. The minimum absolute atomic E-state index is 0.0642. The molecule has 0 unspecified atom stereocenters. The standard InChI is InChI=1S/C22H22N4O4S/c27-21(23-18-5-2-6-20(12-18)26(28)29)13-19-15-31-22(24-19)17-4-1-3-16(11-17)14-25-7-9-30-10-8-25/h1-6,11-12,15H,7-10,13-14H2,(H,23,27). The molecule has 0 spiro atoms. The van der Waals surface area contributed by atoms with Gasteiger partial charge in [-0.1, -0.05) is 24.3 Å². The number of morpholine rings is 1. The Labute approximate surface area is 183 Å². The van der Waals surface area contributed by atoms with Crippen LogP contribution in [0.2, 0.25) is 0 Å². The third-order valence-electron chi connectivity index (χ3n) is 4.92. The van der Waals surface area contributed by atoms with Crippen LogP contribution in [-0.4, -0.2) is 47.0 Å². The number of nitro groups is 1. The lowest BCUT2D eigenvalue weighted by Crippen LogP contribution is -2.35. The Kier molecular flexibility index (Phi) is 6.66. The molecule has 1 aromatic heterocycles. The number of hydrogen-bond acceptors (Lipinski definition) is 7. The Hall–Kier alpha value is -3.14. The summed E-state index contributed by atoms with van der Waals surface area (Å²) in [6.07, 6.45) is 0.104. The maximum atomic E-state index is 12.4. The number of carbonyl (C=O) groups is 1. The van der Waals surface area contributed by atoms with Crippen molar-refractivity contribution in [2.75, 3.05) is 31.6 Å². The van der Waals surface area contributed by atoms with Crippen molar-refractivity contribution < 1.29 is 14.5 Å². The molecule has 2 aromatic carbocycles. The van der Waals surface area contributed by atoms with Crippen LogP contribution >= 0.6 is 11.3 Å². The molecule has 2 heterocycles. The molecule has 0 aliphatic carbocycles. The van der Waals surface area contributed by atoms with E-state index in [2.05, 4.69) is 27.3 Å². The molecule has 9 heteroatoms. The number of aromatic nitrogens is 1. The van der Waals surface area contributed by atoms with Crippen molar-refractivity contribution in [3.8, 4) is 10.6 Å². The lowest BCUT2D eigenvalue weighted by molar-refractivity contribution is -0.384. The molecule has 1 aliphatic heterocycles. The predicted molar refractivity (Wildman–Crippen MR) is 119 cm³/mol. The number of nitrogens with one attached hydrogen (secondary N) is 1. The van der Waals surface area contributed by atoms with Crippen LogP contribution in [0.15, 0.2) is 53.9 Å². The zero-order chi connectivity index (χ0) is 21.6. The summed E-state index contributed by atoms with van der Waals surface area (Å²) >= 11 is 1.50. The van der Waals surface area contributed by atoms with Gasteiger partial charge in [0.25, 0.3) is 5.69 Å². The Bertz CT molecular complexity index is 1080. The maximum absolute atomic E-state index is 12.4. The second-order valence-corrected chi connectivity index (χ2v) is 8.12. The number of nitro benzene ring substituents is 1. The predicted octanol–water partition coefficient (Wildman–Crippen LogP) is 3.73. The van der Waals surface area contributed by atoms with Gasteiger partial charge in [-0.2, -0.15) is 0 Å². The lowest BCUT2D eigenvalue weighted by Gasteiger charge is -2.26. The number of ether oxygens (including phenoxy) is 1. The summed E-state index contributed by atoms with van der Waals surface area (Å²) in [5.41, 5.74) is 3.25. The molecule has 1 N–H and O–H groups in total. The largest absolute Gasteiger partial charge is 0.379 e. The summed E-state index contributed by atoms with van der Waals surface area (Å²) in [4.78, 5) is 29.7. The van der Waals surface area contributed by atoms with Gasteiger partial charge in [-0.25, -0.2) is 4.98 Å². The molecule has 1 fully saturated rings. The monoisotopic (exact) mass is 438 g/mol. The van der Waals surface area contributed by atoms with E-state index in [1.54, 1.807) is 12.1 Å². The van der Waals surface area contributed by atoms with E-state index in [9.17, 15) is 14.9 Å². The summed E-state index contributed by atoms with van der Waals surface area (Å²) in [5.74, 6) is -0.265. The van der Waals surface area contributed by atoms with Crippen LogP contribution in [0, 0.1) is 10.1 Å². The molecule has 1 saturated heterocycles. The third kappa shape index (κ3) is 5.72. The van der Waals surface area contributed by atoms with Crippen molar-refractivity contribution in [3.63, 3.8) is 0 Å². The number of amides is 1. The van der Waals surface area contributed by atoms with E-state index in [1.165, 1.54) is 29.0 Å². The van der Waals surface area contributed by atoms with Gasteiger partial charge in [0.1, 0.15) is 5.01 Å². The first kappa shape index (κ1) is 21.1. The molecule has 1 aliphatic rings. The van der Waals surface area contributed by atoms with Gasteiger partial charge in [0, 0.05) is 48.4 Å². The van der Waals surface area contributed by atoms with Crippen LogP contribution in [0.25, 0.3) is 10.6 Å². The molecule has 0 atom stereocenters. The van der Waals surface area contributed by atoms with Crippen LogP contribution < -0.4 is 5.32 Å². The highest BCUT2D eigenvalue weighted by molar-refractivity contribution is 7.13. The topological polar surface area (TPSA) is 97.6 Å². The summed E-state index contributed by atoms with van der Waals surface area (Å²) in [5, 5.41) is 16.3. The fourth-order valence-corrected chi connectivity index (χ4v) is 4.22. The lowest BCUT2D eigenvalue weighted by atomic mass is 10.1. The van der Waals surface area contributed by atoms with E-state index in [0.717, 1.165) is 43.4 Å². The fourth-order valence-electron chi connectivity index (χ4n) is 3.41. The van der Waals surface area contributed by atoms with E-state index in [0.29, 0.717) is 11.4 Å². The Morgan fingerprint density at radius 1 is 1.19 bits per heavy atom. The second kappa shape index (κ2) is 9.78. The van der Waals surface area contributed by atoms with Crippen LogP contribution in [-0.2, 0) is 22.5 Å². The zero-order valence-corrected chi connectivity index (χ0v) is 17.6. The second-order valence-electron chi connectivity index (χ2n) is 7.27.